The molecular weight excluding hydrogens is 416 g/mol. The molecule has 0 aromatic carbocycles. The fourth-order valence-electron chi connectivity index (χ4n) is 4.24. The minimum Gasteiger partial charge on any atom is -0.443 e. The summed E-state index contributed by atoms with van der Waals surface area (Å²) in [6.45, 7) is 9.56. The van der Waals surface area contributed by atoms with Gasteiger partial charge in [0.25, 0.3) is 0 Å². The van der Waals surface area contributed by atoms with E-state index in [1.807, 2.05) is 64.0 Å². The Kier molecular flexibility index (Phi) is 7.52. The molecule has 0 spiro atoms. The van der Waals surface area contributed by atoms with Gasteiger partial charge >= 0.3 is 5.97 Å². The number of hydrogen-bond donors (Lipinski definition) is 0. The van der Waals surface area contributed by atoms with Crippen molar-refractivity contribution < 1.29 is 9.53 Å². The molecule has 4 rings (SSSR count). The van der Waals surface area contributed by atoms with Crippen molar-refractivity contribution in [3.05, 3.63) is 30.9 Å². The van der Waals surface area contributed by atoms with E-state index in [4.69, 9.17) is 4.74 Å². The summed E-state index contributed by atoms with van der Waals surface area (Å²) in [5.74, 6) is -0.269. The Morgan fingerprint density at radius 2 is 1.94 bits per heavy atom. The zero-order valence-electron chi connectivity index (χ0n) is 20.3. The number of fused-ring (bicyclic) bond motifs is 1. The molecule has 0 N–H and O–H groups in total. The number of ether oxygens (including phenoxy) is 1. The lowest BCUT2D eigenvalue weighted by atomic mass is 9.80. The Labute approximate surface area is 195 Å². The van der Waals surface area contributed by atoms with Crippen LogP contribution in [-0.4, -0.2) is 30.5 Å². The van der Waals surface area contributed by atoms with Gasteiger partial charge in [-0.1, -0.05) is 33.1 Å². The van der Waals surface area contributed by atoms with Crippen molar-refractivity contribution in [1.82, 2.24) is 24.5 Å². The van der Waals surface area contributed by atoms with Gasteiger partial charge in [0.2, 0.25) is 0 Å². The van der Waals surface area contributed by atoms with Crippen LogP contribution in [0.1, 0.15) is 73.1 Å². The topological polar surface area (TPSA) is 98.6 Å². The summed E-state index contributed by atoms with van der Waals surface area (Å²) in [6.07, 6.45) is 13.3. The highest BCUT2D eigenvalue weighted by atomic mass is 16.5. The van der Waals surface area contributed by atoms with Crippen LogP contribution in [0.2, 0.25) is 0 Å². The smallest absolute Gasteiger partial charge is 0.312 e. The van der Waals surface area contributed by atoms with Crippen LogP contribution < -0.4 is 0 Å². The third kappa shape index (κ3) is 5.08. The molecule has 0 bridgehead atoms. The van der Waals surface area contributed by atoms with Crippen molar-refractivity contribution >= 4 is 17.0 Å². The third-order valence-electron chi connectivity index (χ3n) is 6.08. The highest BCUT2D eigenvalue weighted by Crippen LogP contribution is 2.38. The molecule has 33 heavy (non-hydrogen) atoms. The molecule has 8 heteroatoms. The molecule has 1 aliphatic carbocycles. The molecule has 8 nitrogen and oxygen atoms in total. The predicted octanol–water partition coefficient (Wildman–Crippen LogP) is 5.44. The maximum absolute atomic E-state index is 12.1. The van der Waals surface area contributed by atoms with Gasteiger partial charge in [-0.15, -0.1) is 5.10 Å². The van der Waals surface area contributed by atoms with E-state index in [1.54, 1.807) is 10.8 Å². The van der Waals surface area contributed by atoms with Crippen LogP contribution in [-0.2, 0) is 21.8 Å². The van der Waals surface area contributed by atoms with Crippen LogP contribution in [0.5, 0.6) is 0 Å². The van der Waals surface area contributed by atoms with Crippen LogP contribution in [0.4, 0.5) is 0 Å². The quantitative estimate of drug-likeness (QED) is 0.480. The monoisotopic (exact) mass is 450 g/mol. The second-order valence-electron chi connectivity index (χ2n) is 9.39. The van der Waals surface area contributed by atoms with E-state index in [9.17, 15) is 10.1 Å². The molecule has 1 aliphatic rings. The number of rotatable bonds is 5. The normalized spacial score (nSPS) is 15.4. The molecule has 3 aromatic rings. The molecule has 0 saturated heterocycles. The first kappa shape index (κ1) is 24.4. The summed E-state index contributed by atoms with van der Waals surface area (Å²) < 4.78 is 9.20. The van der Waals surface area contributed by atoms with E-state index >= 15 is 0 Å². The van der Waals surface area contributed by atoms with Crippen molar-refractivity contribution in [2.45, 2.75) is 85.4 Å². The number of aromatic nitrogens is 5. The Hall–Kier alpha value is -3.21. The molecule has 0 amide bonds. The highest BCUT2D eigenvalue weighted by molar-refractivity contribution is 5.92. The van der Waals surface area contributed by atoms with Crippen molar-refractivity contribution in [3.8, 4) is 17.2 Å². The summed E-state index contributed by atoms with van der Waals surface area (Å²) in [5.41, 5.74) is 1.72. The lowest BCUT2D eigenvalue weighted by molar-refractivity contribution is -0.156. The van der Waals surface area contributed by atoms with Crippen molar-refractivity contribution in [3.63, 3.8) is 0 Å². The molecule has 0 radical (unpaired) electrons. The van der Waals surface area contributed by atoms with Gasteiger partial charge in [-0.2, -0.15) is 15.5 Å². The summed E-state index contributed by atoms with van der Waals surface area (Å²) in [5, 5.41) is 23.4. The van der Waals surface area contributed by atoms with E-state index in [1.165, 1.54) is 6.42 Å². The van der Waals surface area contributed by atoms with Gasteiger partial charge in [-0.25, -0.2) is 0 Å². The van der Waals surface area contributed by atoms with Crippen LogP contribution in [0.15, 0.2) is 30.9 Å². The minimum atomic E-state index is -0.563. The van der Waals surface area contributed by atoms with Crippen LogP contribution in [0, 0.1) is 16.7 Å². The van der Waals surface area contributed by atoms with Gasteiger partial charge in [-0.3, -0.25) is 14.0 Å². The summed E-state index contributed by atoms with van der Waals surface area (Å²) in [4.78, 5) is 12.1. The lowest BCUT2D eigenvalue weighted by Gasteiger charge is -2.35. The molecule has 0 aliphatic heterocycles. The maximum atomic E-state index is 12.1. The average molecular weight is 451 g/mol. The molecular formula is C25H34N6O2. The van der Waals surface area contributed by atoms with E-state index in [0.29, 0.717) is 12.1 Å². The summed E-state index contributed by atoms with van der Waals surface area (Å²) in [6, 6.07) is 4.32. The predicted molar refractivity (Wildman–Crippen MR) is 127 cm³/mol. The highest BCUT2D eigenvalue weighted by Gasteiger charge is 2.34. The number of nitrogens with zero attached hydrogens (tertiary/aromatic N) is 6. The van der Waals surface area contributed by atoms with Gasteiger partial charge in [0.05, 0.1) is 35.8 Å². The van der Waals surface area contributed by atoms with Gasteiger partial charge in [0.15, 0.2) is 12.4 Å². The van der Waals surface area contributed by atoms with E-state index in [-0.39, 0.29) is 18.2 Å². The largest absolute Gasteiger partial charge is 0.443 e. The number of carbonyl (C=O) groups is 1. The molecule has 3 heterocycles. The Bertz CT molecular complexity index is 1130. The van der Waals surface area contributed by atoms with Crippen LogP contribution in [0.25, 0.3) is 22.2 Å². The Morgan fingerprint density at radius 3 is 2.61 bits per heavy atom. The third-order valence-corrected chi connectivity index (χ3v) is 6.08. The zero-order valence-corrected chi connectivity index (χ0v) is 20.3. The van der Waals surface area contributed by atoms with E-state index in [0.717, 1.165) is 42.2 Å². The number of esters is 1. The van der Waals surface area contributed by atoms with Gasteiger partial charge in [0.1, 0.15) is 0 Å². The molecule has 0 unspecified atom stereocenters. The fraction of sp³-hybridized carbons (Fsp3) is 0.560. The maximum Gasteiger partial charge on any atom is 0.312 e. The molecule has 3 aromatic heterocycles. The second kappa shape index (κ2) is 10.2. The number of carbonyl (C=O) groups excluding carboxylic acids is 1. The zero-order chi connectivity index (χ0) is 24.1. The van der Waals surface area contributed by atoms with Crippen molar-refractivity contribution in [2.75, 3.05) is 0 Å². The average Bonchev–Trinajstić information content (AvgIpc) is 3.47. The lowest BCUT2D eigenvalue weighted by Crippen LogP contribution is -2.36. The number of hydrogen-bond acceptors (Lipinski definition) is 6. The van der Waals surface area contributed by atoms with Crippen molar-refractivity contribution in [1.29, 1.82) is 5.26 Å². The number of nitriles is 1. The summed E-state index contributed by atoms with van der Waals surface area (Å²) in [7, 11) is 0. The first-order valence-electron chi connectivity index (χ1n) is 11.7. The fourth-order valence-corrected chi connectivity index (χ4v) is 4.24. The van der Waals surface area contributed by atoms with E-state index in [2.05, 4.69) is 21.4 Å². The van der Waals surface area contributed by atoms with Gasteiger partial charge in [0, 0.05) is 28.9 Å². The molecule has 0 atom stereocenters. The first-order chi connectivity index (χ1) is 15.8. The standard InChI is InChI=1S/C23H28N6O2.C2H6/c1-22(2,3)21(30)31-16-28-12-7-18-19(14-25-27-20(18)28)17-13-26-29(15-17)23(10-11-24)8-5-4-6-9-23;1-2/h7,12-15H,4-6,8-10,16H2,1-3H3;1-2H3. The Morgan fingerprint density at radius 1 is 1.21 bits per heavy atom. The van der Waals surface area contributed by atoms with Crippen LogP contribution in [0.3, 0.4) is 0 Å². The van der Waals surface area contributed by atoms with E-state index < -0.39 is 5.41 Å². The Balaban J connectivity index is 0.00000149. The molecule has 176 valence electrons. The first-order valence-corrected chi connectivity index (χ1v) is 11.7. The van der Waals surface area contributed by atoms with Gasteiger partial charge < -0.3 is 4.74 Å². The molecule has 1 fully saturated rings. The van der Waals surface area contributed by atoms with Crippen LogP contribution >= 0.6 is 0 Å². The van der Waals surface area contributed by atoms with Gasteiger partial charge in [-0.05, 0) is 39.7 Å². The minimum absolute atomic E-state index is 0.0856. The second-order valence-corrected chi connectivity index (χ2v) is 9.39. The van der Waals surface area contributed by atoms with Crippen molar-refractivity contribution in [2.24, 2.45) is 5.41 Å². The summed E-state index contributed by atoms with van der Waals surface area (Å²) >= 11 is 0. The SMILES string of the molecule is CC.CC(C)(C)C(=O)OCn1ccc2c(-c3cnn(C4(CC#N)CCCCC4)c3)cnnc21. The molecule has 1 saturated carbocycles.